The van der Waals surface area contributed by atoms with Crippen LogP contribution in [0, 0.1) is 0 Å². The molecule has 0 aromatic heterocycles. The number of halogens is 1. The number of carbonyl (C=O) groups is 1. The summed E-state index contributed by atoms with van der Waals surface area (Å²) in [5.41, 5.74) is 1.41. The van der Waals surface area contributed by atoms with Crippen LogP contribution in [0.25, 0.3) is 0 Å². The molecule has 2 aromatic rings. The lowest BCUT2D eigenvalue weighted by atomic mass is 10.2. The summed E-state index contributed by atoms with van der Waals surface area (Å²) < 4.78 is 32.2. The Hall–Kier alpha value is -1.93. The van der Waals surface area contributed by atoms with Gasteiger partial charge >= 0.3 is 0 Å². The topological polar surface area (TPSA) is 75.7 Å². The van der Waals surface area contributed by atoms with Crippen LogP contribution >= 0.6 is 11.6 Å². The lowest BCUT2D eigenvalue weighted by Gasteiger charge is -2.19. The van der Waals surface area contributed by atoms with E-state index in [1.54, 1.807) is 19.9 Å². The van der Waals surface area contributed by atoms with E-state index in [9.17, 15) is 13.2 Å². The molecule has 1 N–H and O–H groups in total. The zero-order valence-electron chi connectivity index (χ0n) is 16.0. The number of carbonyl (C=O) groups excluding carboxylic acids is 1. The van der Waals surface area contributed by atoms with Gasteiger partial charge in [0, 0.05) is 18.8 Å². The standard InChI is InChI=1S/C20H25ClN2O4S/c1-3-23(4-2)28(25,26)19-14-17(10-11-18(19)21)22-20(24)12-13-27-15-16-8-6-5-7-9-16/h5-11,14H,3-4,12-13,15H2,1-2H3,(H,22,24). The molecule has 2 rings (SSSR count). The number of rotatable bonds is 10. The molecule has 0 fully saturated rings. The normalized spacial score (nSPS) is 11.6. The van der Waals surface area contributed by atoms with Crippen molar-refractivity contribution in [3.05, 3.63) is 59.1 Å². The van der Waals surface area contributed by atoms with Crippen LogP contribution in [0.15, 0.2) is 53.4 Å². The van der Waals surface area contributed by atoms with Gasteiger partial charge in [-0.1, -0.05) is 55.8 Å². The third-order valence-electron chi connectivity index (χ3n) is 4.12. The van der Waals surface area contributed by atoms with Crippen molar-refractivity contribution in [1.82, 2.24) is 4.31 Å². The minimum Gasteiger partial charge on any atom is -0.376 e. The van der Waals surface area contributed by atoms with E-state index in [-0.39, 0.29) is 28.9 Å². The predicted molar refractivity (Wildman–Crippen MR) is 111 cm³/mol. The van der Waals surface area contributed by atoms with Crippen LogP contribution in [0.1, 0.15) is 25.8 Å². The molecule has 0 aliphatic carbocycles. The van der Waals surface area contributed by atoms with Gasteiger partial charge in [0.15, 0.2) is 0 Å². The number of hydrogen-bond donors (Lipinski definition) is 1. The quantitative estimate of drug-likeness (QED) is 0.586. The first-order chi connectivity index (χ1) is 13.4. The van der Waals surface area contributed by atoms with Gasteiger partial charge < -0.3 is 10.1 Å². The van der Waals surface area contributed by atoms with Crippen molar-refractivity contribution >= 4 is 33.2 Å². The predicted octanol–water partition coefficient (Wildman–Crippen LogP) is 3.92. The second-order valence-electron chi connectivity index (χ2n) is 6.07. The fourth-order valence-electron chi connectivity index (χ4n) is 2.63. The van der Waals surface area contributed by atoms with Crippen LogP contribution in [0.4, 0.5) is 5.69 Å². The number of anilines is 1. The number of hydrogen-bond acceptors (Lipinski definition) is 4. The summed E-state index contributed by atoms with van der Waals surface area (Å²) >= 11 is 6.10. The summed E-state index contributed by atoms with van der Waals surface area (Å²) in [6.07, 6.45) is 0.160. The molecular weight excluding hydrogens is 400 g/mol. The van der Waals surface area contributed by atoms with Gasteiger partial charge in [0.05, 0.1) is 24.7 Å². The molecule has 1 amide bonds. The second kappa shape index (κ2) is 10.6. The zero-order chi connectivity index (χ0) is 20.6. The highest BCUT2D eigenvalue weighted by molar-refractivity contribution is 7.89. The van der Waals surface area contributed by atoms with Crippen LogP contribution in [0.3, 0.4) is 0 Å². The summed E-state index contributed by atoms with van der Waals surface area (Å²) in [7, 11) is -3.72. The van der Waals surface area contributed by atoms with E-state index in [0.29, 0.717) is 25.4 Å². The molecule has 0 aliphatic heterocycles. The Kier molecular flexibility index (Phi) is 8.44. The van der Waals surface area contributed by atoms with Crippen LogP contribution in [0.2, 0.25) is 5.02 Å². The van der Waals surface area contributed by atoms with E-state index in [0.717, 1.165) is 5.56 Å². The average Bonchev–Trinajstić information content (AvgIpc) is 2.68. The molecular formula is C20H25ClN2O4S. The van der Waals surface area contributed by atoms with E-state index in [2.05, 4.69) is 5.32 Å². The highest BCUT2D eigenvalue weighted by Crippen LogP contribution is 2.27. The van der Waals surface area contributed by atoms with Crippen molar-refractivity contribution in [2.75, 3.05) is 25.0 Å². The minimum atomic E-state index is -3.72. The molecule has 152 valence electrons. The van der Waals surface area contributed by atoms with Crippen molar-refractivity contribution in [2.45, 2.75) is 31.8 Å². The molecule has 0 unspecified atom stereocenters. The Balaban J connectivity index is 1.95. The van der Waals surface area contributed by atoms with Gasteiger partial charge in [-0.15, -0.1) is 0 Å². The summed E-state index contributed by atoms with van der Waals surface area (Å²) in [6, 6.07) is 14.1. The van der Waals surface area contributed by atoms with Gasteiger partial charge in [-0.2, -0.15) is 4.31 Å². The fraction of sp³-hybridized carbons (Fsp3) is 0.350. The molecule has 0 heterocycles. The fourth-order valence-corrected chi connectivity index (χ4v) is 4.59. The Labute approximate surface area is 171 Å². The number of ether oxygens (including phenoxy) is 1. The number of nitrogens with one attached hydrogen (secondary N) is 1. The van der Waals surface area contributed by atoms with Crippen molar-refractivity contribution in [2.24, 2.45) is 0 Å². The molecule has 0 radical (unpaired) electrons. The third kappa shape index (κ3) is 6.04. The zero-order valence-corrected chi connectivity index (χ0v) is 17.6. The maximum atomic E-state index is 12.7. The van der Waals surface area contributed by atoms with Gasteiger partial charge in [0.1, 0.15) is 4.90 Å². The first kappa shape index (κ1) is 22.4. The van der Waals surface area contributed by atoms with Crippen LogP contribution in [0.5, 0.6) is 0 Å². The summed E-state index contributed by atoms with van der Waals surface area (Å²) in [4.78, 5) is 12.1. The SMILES string of the molecule is CCN(CC)S(=O)(=O)c1cc(NC(=O)CCOCc2ccccc2)ccc1Cl. The van der Waals surface area contributed by atoms with E-state index in [1.807, 2.05) is 30.3 Å². The highest BCUT2D eigenvalue weighted by atomic mass is 35.5. The van der Waals surface area contributed by atoms with Gasteiger partial charge in [-0.05, 0) is 23.8 Å². The van der Waals surface area contributed by atoms with Crippen molar-refractivity contribution in [3.63, 3.8) is 0 Å². The molecule has 0 spiro atoms. The van der Waals surface area contributed by atoms with Crippen molar-refractivity contribution < 1.29 is 17.9 Å². The minimum absolute atomic E-state index is 0.0176. The Morgan fingerprint density at radius 3 is 2.43 bits per heavy atom. The van der Waals surface area contributed by atoms with E-state index in [1.165, 1.54) is 16.4 Å². The number of amides is 1. The van der Waals surface area contributed by atoms with Gasteiger partial charge in [-0.3, -0.25) is 4.79 Å². The monoisotopic (exact) mass is 424 g/mol. The average molecular weight is 425 g/mol. The van der Waals surface area contributed by atoms with Crippen LogP contribution in [-0.4, -0.2) is 38.3 Å². The number of nitrogens with zero attached hydrogens (tertiary/aromatic N) is 1. The third-order valence-corrected chi connectivity index (χ3v) is 6.65. The van der Waals surface area contributed by atoms with E-state index in [4.69, 9.17) is 16.3 Å². The Bertz CT molecular complexity index is 884. The smallest absolute Gasteiger partial charge is 0.244 e. The Morgan fingerprint density at radius 1 is 1.11 bits per heavy atom. The molecule has 0 atom stereocenters. The molecule has 0 saturated heterocycles. The largest absolute Gasteiger partial charge is 0.376 e. The second-order valence-corrected chi connectivity index (χ2v) is 8.38. The van der Waals surface area contributed by atoms with Crippen molar-refractivity contribution in [3.8, 4) is 0 Å². The first-order valence-corrected chi connectivity index (χ1v) is 10.9. The van der Waals surface area contributed by atoms with E-state index >= 15 is 0 Å². The molecule has 8 heteroatoms. The number of sulfonamides is 1. The van der Waals surface area contributed by atoms with Gasteiger partial charge in [0.25, 0.3) is 0 Å². The van der Waals surface area contributed by atoms with Gasteiger partial charge in [0.2, 0.25) is 15.9 Å². The maximum absolute atomic E-state index is 12.7. The first-order valence-electron chi connectivity index (χ1n) is 9.09. The maximum Gasteiger partial charge on any atom is 0.244 e. The number of benzene rings is 2. The van der Waals surface area contributed by atoms with Crippen LogP contribution < -0.4 is 5.32 Å². The summed E-state index contributed by atoms with van der Waals surface area (Å²) in [5, 5.41) is 2.82. The summed E-state index contributed by atoms with van der Waals surface area (Å²) in [5.74, 6) is -0.262. The van der Waals surface area contributed by atoms with Gasteiger partial charge in [-0.25, -0.2) is 8.42 Å². The van der Waals surface area contributed by atoms with Crippen LogP contribution in [-0.2, 0) is 26.2 Å². The molecule has 0 bridgehead atoms. The molecule has 6 nitrogen and oxygen atoms in total. The lowest BCUT2D eigenvalue weighted by molar-refractivity contribution is -0.117. The molecule has 28 heavy (non-hydrogen) atoms. The highest BCUT2D eigenvalue weighted by Gasteiger charge is 2.24. The van der Waals surface area contributed by atoms with E-state index < -0.39 is 10.0 Å². The molecule has 2 aromatic carbocycles. The summed E-state index contributed by atoms with van der Waals surface area (Å²) in [6.45, 7) is 4.89. The Morgan fingerprint density at radius 2 is 1.79 bits per heavy atom. The lowest BCUT2D eigenvalue weighted by Crippen LogP contribution is -2.30. The molecule has 0 aliphatic rings. The van der Waals surface area contributed by atoms with Crippen molar-refractivity contribution in [1.29, 1.82) is 0 Å². The molecule has 0 saturated carbocycles.